The number of hydrogen-bond acceptors (Lipinski definition) is 6. The Labute approximate surface area is 139 Å². The van der Waals surface area contributed by atoms with Crippen molar-refractivity contribution in [1.82, 2.24) is 4.90 Å². The van der Waals surface area contributed by atoms with Gasteiger partial charge in [-0.1, -0.05) is 30.3 Å². The number of hydrogen-bond donors (Lipinski definition) is 0. The van der Waals surface area contributed by atoms with E-state index >= 15 is 0 Å². The van der Waals surface area contributed by atoms with Crippen LogP contribution in [-0.2, 0) is 35.2 Å². The third kappa shape index (κ3) is 3.45. The molecule has 0 aromatic heterocycles. The molecule has 1 aliphatic rings. The molecule has 1 saturated heterocycles. The van der Waals surface area contributed by atoms with Crippen molar-refractivity contribution in [3.63, 3.8) is 0 Å². The van der Waals surface area contributed by atoms with Gasteiger partial charge in [-0.2, -0.15) is 0 Å². The molecule has 128 valence electrons. The summed E-state index contributed by atoms with van der Waals surface area (Å²) in [6, 6.07) is 7.59. The number of nitrogens with zero attached hydrogens (tertiary/aromatic N) is 1. The van der Waals surface area contributed by atoms with E-state index in [0.29, 0.717) is 0 Å². The number of benzene rings is 1. The maximum atomic E-state index is 12.3. The van der Waals surface area contributed by atoms with Gasteiger partial charge < -0.3 is 14.4 Å². The zero-order chi connectivity index (χ0) is 17.7. The molecular formula is C17H19NO6. The molecule has 0 N–H and O–H groups in total. The summed E-state index contributed by atoms with van der Waals surface area (Å²) in [5.41, 5.74) is 0.734. The number of carbonyl (C=O) groups excluding carboxylic acids is 4. The number of carbonyl (C=O) groups is 4. The van der Waals surface area contributed by atoms with Crippen LogP contribution >= 0.6 is 0 Å². The summed E-state index contributed by atoms with van der Waals surface area (Å²) in [4.78, 5) is 50.0. The fourth-order valence-corrected chi connectivity index (χ4v) is 2.63. The summed E-state index contributed by atoms with van der Waals surface area (Å²) in [6.45, 7) is 3.35. The molecule has 7 nitrogen and oxygen atoms in total. The van der Waals surface area contributed by atoms with Crippen molar-refractivity contribution >= 4 is 23.6 Å². The predicted molar refractivity (Wildman–Crippen MR) is 82.5 cm³/mol. The molecule has 1 aromatic rings. The topological polar surface area (TPSA) is 90.0 Å². The second-order valence-corrected chi connectivity index (χ2v) is 5.21. The first-order valence-corrected chi connectivity index (χ1v) is 7.73. The van der Waals surface area contributed by atoms with E-state index in [-0.39, 0.29) is 19.8 Å². The van der Waals surface area contributed by atoms with Crippen LogP contribution in [0, 0.1) is 5.92 Å². The summed E-state index contributed by atoms with van der Waals surface area (Å²) in [5.74, 6) is -4.98. The minimum absolute atomic E-state index is 0.0325. The van der Waals surface area contributed by atoms with E-state index < -0.39 is 35.6 Å². The van der Waals surface area contributed by atoms with Crippen molar-refractivity contribution in [1.29, 1.82) is 0 Å². The van der Waals surface area contributed by atoms with Gasteiger partial charge in [-0.25, -0.2) is 4.79 Å². The number of ether oxygens (including phenoxy) is 2. The van der Waals surface area contributed by atoms with Crippen LogP contribution in [0.1, 0.15) is 19.4 Å². The van der Waals surface area contributed by atoms with Gasteiger partial charge in [-0.3, -0.25) is 14.4 Å². The van der Waals surface area contributed by atoms with Crippen LogP contribution in [0.5, 0.6) is 0 Å². The molecule has 2 rings (SSSR count). The van der Waals surface area contributed by atoms with Gasteiger partial charge in [0.05, 0.1) is 13.2 Å². The molecule has 1 aliphatic heterocycles. The molecule has 0 saturated carbocycles. The highest BCUT2D eigenvalue weighted by atomic mass is 16.5. The third-order valence-electron chi connectivity index (χ3n) is 3.67. The van der Waals surface area contributed by atoms with Gasteiger partial charge in [0.15, 0.2) is 12.0 Å². The number of likely N-dealkylation sites (tertiary alicyclic amines) is 1. The lowest BCUT2D eigenvalue weighted by atomic mass is 9.99. The van der Waals surface area contributed by atoms with Crippen molar-refractivity contribution in [3.05, 3.63) is 35.9 Å². The van der Waals surface area contributed by atoms with Gasteiger partial charge in [0.1, 0.15) is 0 Å². The average Bonchev–Trinajstić information content (AvgIpc) is 2.81. The first-order valence-electron chi connectivity index (χ1n) is 7.73. The van der Waals surface area contributed by atoms with E-state index in [0.717, 1.165) is 10.5 Å². The molecule has 2 atom stereocenters. The Morgan fingerprint density at radius 3 is 2.17 bits per heavy atom. The van der Waals surface area contributed by atoms with Crippen molar-refractivity contribution in [2.24, 2.45) is 5.92 Å². The van der Waals surface area contributed by atoms with Crippen LogP contribution in [-0.4, -0.2) is 47.8 Å². The molecule has 0 aliphatic carbocycles. The molecule has 7 heteroatoms. The number of ketones is 1. The number of esters is 2. The Morgan fingerprint density at radius 2 is 1.58 bits per heavy atom. The molecular weight excluding hydrogens is 314 g/mol. The smallest absolute Gasteiger partial charge is 0.330 e. The maximum Gasteiger partial charge on any atom is 0.330 e. The highest BCUT2D eigenvalue weighted by Gasteiger charge is 2.55. The quantitative estimate of drug-likeness (QED) is 0.433. The summed E-state index contributed by atoms with van der Waals surface area (Å²) in [5, 5.41) is 0. The van der Waals surface area contributed by atoms with Gasteiger partial charge in [0.2, 0.25) is 5.78 Å². The van der Waals surface area contributed by atoms with Crippen molar-refractivity contribution < 1.29 is 28.7 Å². The van der Waals surface area contributed by atoms with E-state index in [4.69, 9.17) is 9.47 Å². The van der Waals surface area contributed by atoms with Crippen molar-refractivity contribution in [2.45, 2.75) is 26.4 Å². The zero-order valence-corrected chi connectivity index (χ0v) is 13.6. The fraction of sp³-hybridized carbons (Fsp3) is 0.412. The molecule has 1 amide bonds. The number of amides is 1. The fourth-order valence-electron chi connectivity index (χ4n) is 2.63. The first kappa shape index (κ1) is 17.7. The largest absolute Gasteiger partial charge is 0.465 e. The Bertz CT molecular complexity index is 642. The van der Waals surface area contributed by atoms with Gasteiger partial charge in [0, 0.05) is 6.54 Å². The predicted octanol–water partition coefficient (Wildman–Crippen LogP) is 0.709. The van der Waals surface area contributed by atoms with Crippen LogP contribution in [0.15, 0.2) is 30.3 Å². The zero-order valence-electron chi connectivity index (χ0n) is 13.6. The molecule has 0 spiro atoms. The van der Waals surface area contributed by atoms with Gasteiger partial charge in [0.25, 0.3) is 5.91 Å². The normalized spacial score (nSPS) is 20.2. The molecule has 24 heavy (non-hydrogen) atoms. The monoisotopic (exact) mass is 333 g/mol. The van der Waals surface area contributed by atoms with Gasteiger partial charge in [-0.05, 0) is 19.4 Å². The van der Waals surface area contributed by atoms with E-state index in [9.17, 15) is 19.2 Å². The summed E-state index contributed by atoms with van der Waals surface area (Å²) in [6.07, 6.45) is 0. The molecule has 0 bridgehead atoms. The van der Waals surface area contributed by atoms with E-state index in [1.165, 1.54) is 0 Å². The first-order chi connectivity index (χ1) is 11.5. The Balaban J connectivity index is 2.35. The average molecular weight is 333 g/mol. The Morgan fingerprint density at radius 1 is 1.00 bits per heavy atom. The second kappa shape index (κ2) is 7.72. The van der Waals surface area contributed by atoms with Crippen LogP contribution < -0.4 is 0 Å². The molecule has 0 unspecified atom stereocenters. The minimum atomic E-state index is -1.49. The van der Waals surface area contributed by atoms with E-state index in [2.05, 4.69) is 0 Å². The number of Topliss-reactive ketones (excluding diaryl/α,β-unsaturated/α-hetero) is 1. The number of rotatable bonds is 6. The summed E-state index contributed by atoms with van der Waals surface area (Å²) in [7, 11) is 0. The van der Waals surface area contributed by atoms with Crippen LogP contribution in [0.4, 0.5) is 0 Å². The molecule has 1 aromatic carbocycles. The lowest BCUT2D eigenvalue weighted by Crippen LogP contribution is -2.44. The molecule has 0 radical (unpaired) electrons. The van der Waals surface area contributed by atoms with E-state index in [1.807, 2.05) is 6.07 Å². The van der Waals surface area contributed by atoms with E-state index in [1.54, 1.807) is 38.1 Å². The van der Waals surface area contributed by atoms with Crippen LogP contribution in [0.25, 0.3) is 0 Å². The summed E-state index contributed by atoms with van der Waals surface area (Å²) >= 11 is 0. The van der Waals surface area contributed by atoms with Gasteiger partial charge in [-0.15, -0.1) is 0 Å². The highest BCUT2D eigenvalue weighted by molar-refractivity contribution is 6.43. The Kier molecular flexibility index (Phi) is 5.68. The van der Waals surface area contributed by atoms with Crippen LogP contribution in [0.2, 0.25) is 0 Å². The third-order valence-corrected chi connectivity index (χ3v) is 3.67. The molecule has 1 fully saturated rings. The lowest BCUT2D eigenvalue weighted by molar-refractivity contribution is -0.160. The minimum Gasteiger partial charge on any atom is -0.465 e. The standard InChI is InChI=1S/C17H19NO6/c1-3-23-16(21)12-13(17(22)24-4-2)18(15(20)14(12)19)10-11-8-6-5-7-9-11/h5-9,12-13H,3-4,10H2,1-2H3/t12-,13+/m0/s1. The molecule has 1 heterocycles. The SMILES string of the molecule is CCOC(=O)[C@@H]1C(=O)C(=O)N(Cc2ccccc2)[C@H]1C(=O)OCC. The second-order valence-electron chi connectivity index (χ2n) is 5.21. The van der Waals surface area contributed by atoms with Crippen LogP contribution in [0.3, 0.4) is 0 Å². The maximum absolute atomic E-state index is 12.3. The van der Waals surface area contributed by atoms with Crippen molar-refractivity contribution in [3.8, 4) is 0 Å². The summed E-state index contributed by atoms with van der Waals surface area (Å²) < 4.78 is 9.81. The van der Waals surface area contributed by atoms with Crippen molar-refractivity contribution in [2.75, 3.05) is 13.2 Å². The lowest BCUT2D eigenvalue weighted by Gasteiger charge is -2.24. The highest BCUT2D eigenvalue weighted by Crippen LogP contribution is 2.27. The Hall–Kier alpha value is -2.70. The van der Waals surface area contributed by atoms with Gasteiger partial charge >= 0.3 is 11.9 Å².